The maximum atomic E-state index is 10.5. The van der Waals surface area contributed by atoms with Crippen molar-refractivity contribution in [3.8, 4) is 0 Å². The molecular formula is C8H11N3O3. The number of carboxylic acids is 1. The van der Waals surface area contributed by atoms with Crippen LogP contribution in [-0.2, 0) is 5.41 Å². The number of hydrogen-bond donors (Lipinski definition) is 2. The monoisotopic (exact) mass is 197 g/mol. The van der Waals surface area contributed by atoms with E-state index in [1.165, 1.54) is 0 Å². The maximum absolute atomic E-state index is 10.5. The van der Waals surface area contributed by atoms with Gasteiger partial charge in [0.1, 0.15) is 0 Å². The predicted octanol–water partition coefficient (Wildman–Crippen LogP) is 0.0188. The standard InChI is InChI=1S/C8H11N3O3/c1-8(2-3-9-4-8)7-10-5(6(12)13)11-14-7/h9H,2-4H2,1H3,(H,12,13). The van der Waals surface area contributed by atoms with Crippen LogP contribution in [0.5, 0.6) is 0 Å². The molecule has 0 saturated carbocycles. The van der Waals surface area contributed by atoms with Crippen molar-refractivity contribution in [3.63, 3.8) is 0 Å². The summed E-state index contributed by atoms with van der Waals surface area (Å²) in [5.41, 5.74) is -0.222. The van der Waals surface area contributed by atoms with Gasteiger partial charge in [-0.3, -0.25) is 0 Å². The molecule has 0 bridgehead atoms. The average Bonchev–Trinajstić information content (AvgIpc) is 2.71. The number of carboxylic acid groups (broad SMARTS) is 1. The molecule has 1 atom stereocenters. The Morgan fingerprint density at radius 2 is 2.50 bits per heavy atom. The number of nitrogens with one attached hydrogen (secondary N) is 1. The Kier molecular flexibility index (Phi) is 1.99. The highest BCUT2D eigenvalue weighted by atomic mass is 16.5. The lowest BCUT2D eigenvalue weighted by molar-refractivity contribution is 0.0680. The first-order valence-electron chi connectivity index (χ1n) is 4.40. The van der Waals surface area contributed by atoms with Gasteiger partial charge in [-0.1, -0.05) is 0 Å². The molecule has 0 aliphatic carbocycles. The van der Waals surface area contributed by atoms with Crippen molar-refractivity contribution in [2.75, 3.05) is 13.1 Å². The van der Waals surface area contributed by atoms with E-state index in [-0.39, 0.29) is 11.2 Å². The van der Waals surface area contributed by atoms with E-state index in [2.05, 4.69) is 15.5 Å². The summed E-state index contributed by atoms with van der Waals surface area (Å²) in [5, 5.41) is 15.2. The van der Waals surface area contributed by atoms with Gasteiger partial charge in [-0.25, -0.2) is 4.79 Å². The zero-order valence-electron chi connectivity index (χ0n) is 7.78. The van der Waals surface area contributed by atoms with Gasteiger partial charge in [0.15, 0.2) is 0 Å². The first-order chi connectivity index (χ1) is 6.62. The molecule has 6 nitrogen and oxygen atoms in total. The molecule has 76 valence electrons. The molecule has 1 saturated heterocycles. The molecular weight excluding hydrogens is 186 g/mol. The second-order valence-corrected chi connectivity index (χ2v) is 3.72. The summed E-state index contributed by atoms with van der Waals surface area (Å²) in [5.74, 6) is -1.03. The average molecular weight is 197 g/mol. The molecule has 0 aromatic carbocycles. The van der Waals surface area contributed by atoms with Gasteiger partial charge in [0.05, 0.1) is 5.41 Å². The topological polar surface area (TPSA) is 88.2 Å². The molecule has 1 aromatic rings. The zero-order chi connectivity index (χ0) is 10.2. The highest BCUT2D eigenvalue weighted by Crippen LogP contribution is 2.28. The summed E-state index contributed by atoms with van der Waals surface area (Å²) in [6, 6.07) is 0. The van der Waals surface area contributed by atoms with E-state index in [0.29, 0.717) is 5.89 Å². The smallest absolute Gasteiger partial charge is 0.377 e. The Bertz CT molecular complexity index is 354. The van der Waals surface area contributed by atoms with Crippen molar-refractivity contribution in [2.45, 2.75) is 18.8 Å². The van der Waals surface area contributed by atoms with Gasteiger partial charge in [-0.05, 0) is 25.0 Å². The molecule has 0 radical (unpaired) electrons. The highest BCUT2D eigenvalue weighted by Gasteiger charge is 2.36. The Hall–Kier alpha value is -1.43. The zero-order valence-corrected chi connectivity index (χ0v) is 7.78. The van der Waals surface area contributed by atoms with Gasteiger partial charge >= 0.3 is 5.97 Å². The minimum Gasteiger partial charge on any atom is -0.475 e. The van der Waals surface area contributed by atoms with Gasteiger partial charge in [0.25, 0.3) is 5.82 Å². The quantitative estimate of drug-likeness (QED) is 0.694. The van der Waals surface area contributed by atoms with Crippen LogP contribution < -0.4 is 5.32 Å². The molecule has 1 aromatic heterocycles. The van der Waals surface area contributed by atoms with E-state index in [4.69, 9.17) is 9.63 Å². The Morgan fingerprint density at radius 1 is 1.71 bits per heavy atom. The van der Waals surface area contributed by atoms with E-state index >= 15 is 0 Å². The fraction of sp³-hybridized carbons (Fsp3) is 0.625. The number of aromatic carboxylic acids is 1. The third kappa shape index (κ3) is 1.37. The van der Waals surface area contributed by atoms with E-state index < -0.39 is 5.97 Å². The fourth-order valence-electron chi connectivity index (χ4n) is 1.55. The molecule has 2 heterocycles. The van der Waals surface area contributed by atoms with E-state index in [0.717, 1.165) is 19.5 Å². The molecule has 1 unspecified atom stereocenters. The van der Waals surface area contributed by atoms with Crippen molar-refractivity contribution in [1.29, 1.82) is 0 Å². The van der Waals surface area contributed by atoms with Gasteiger partial charge in [-0.15, -0.1) is 0 Å². The third-order valence-electron chi connectivity index (χ3n) is 2.50. The normalized spacial score (nSPS) is 26.6. The largest absolute Gasteiger partial charge is 0.475 e. The maximum Gasteiger partial charge on any atom is 0.377 e. The van der Waals surface area contributed by atoms with E-state index in [1.807, 2.05) is 6.92 Å². The number of aromatic nitrogens is 2. The third-order valence-corrected chi connectivity index (χ3v) is 2.50. The molecule has 1 aliphatic heterocycles. The van der Waals surface area contributed by atoms with E-state index in [1.54, 1.807) is 0 Å². The van der Waals surface area contributed by atoms with Crippen LogP contribution in [0.15, 0.2) is 4.52 Å². The molecule has 6 heteroatoms. The molecule has 2 rings (SSSR count). The second kappa shape index (κ2) is 3.06. The fourth-order valence-corrected chi connectivity index (χ4v) is 1.55. The lowest BCUT2D eigenvalue weighted by Crippen LogP contribution is -2.25. The number of hydrogen-bond acceptors (Lipinski definition) is 5. The van der Waals surface area contributed by atoms with Crippen molar-refractivity contribution >= 4 is 5.97 Å². The van der Waals surface area contributed by atoms with E-state index in [9.17, 15) is 4.79 Å². The Balaban J connectivity index is 2.28. The minimum atomic E-state index is -1.16. The van der Waals surface area contributed by atoms with Crippen LogP contribution in [0.1, 0.15) is 29.9 Å². The van der Waals surface area contributed by atoms with Crippen LogP contribution in [0.4, 0.5) is 0 Å². The van der Waals surface area contributed by atoms with Crippen LogP contribution >= 0.6 is 0 Å². The van der Waals surface area contributed by atoms with Crippen molar-refractivity contribution < 1.29 is 14.4 Å². The minimum absolute atomic E-state index is 0.222. The summed E-state index contributed by atoms with van der Waals surface area (Å²) in [7, 11) is 0. The predicted molar refractivity (Wildman–Crippen MR) is 46.1 cm³/mol. The van der Waals surface area contributed by atoms with Crippen LogP contribution in [0.3, 0.4) is 0 Å². The second-order valence-electron chi connectivity index (χ2n) is 3.72. The van der Waals surface area contributed by atoms with Crippen LogP contribution in [-0.4, -0.2) is 34.3 Å². The summed E-state index contributed by atoms with van der Waals surface area (Å²) in [6.45, 7) is 3.61. The van der Waals surface area contributed by atoms with Gasteiger partial charge in [-0.2, -0.15) is 4.98 Å². The van der Waals surface area contributed by atoms with Crippen LogP contribution in [0.2, 0.25) is 0 Å². The molecule has 0 spiro atoms. The van der Waals surface area contributed by atoms with Crippen molar-refractivity contribution in [3.05, 3.63) is 11.7 Å². The lowest BCUT2D eigenvalue weighted by atomic mass is 9.90. The number of nitrogens with zero attached hydrogens (tertiary/aromatic N) is 2. The lowest BCUT2D eigenvalue weighted by Gasteiger charge is -2.15. The first-order valence-corrected chi connectivity index (χ1v) is 4.40. The number of rotatable bonds is 2. The summed E-state index contributed by atoms with van der Waals surface area (Å²) >= 11 is 0. The van der Waals surface area contributed by atoms with Crippen LogP contribution in [0.25, 0.3) is 0 Å². The molecule has 1 aliphatic rings. The van der Waals surface area contributed by atoms with Gasteiger partial charge in [0.2, 0.25) is 5.89 Å². The molecule has 1 fully saturated rings. The van der Waals surface area contributed by atoms with Crippen molar-refractivity contribution in [1.82, 2.24) is 15.5 Å². The number of carbonyl (C=O) groups is 1. The van der Waals surface area contributed by atoms with Gasteiger partial charge < -0.3 is 14.9 Å². The summed E-state index contributed by atoms with van der Waals surface area (Å²) < 4.78 is 4.93. The summed E-state index contributed by atoms with van der Waals surface area (Å²) in [6.07, 6.45) is 0.883. The molecule has 14 heavy (non-hydrogen) atoms. The molecule has 2 N–H and O–H groups in total. The Labute approximate surface area is 80.3 Å². The van der Waals surface area contributed by atoms with Crippen LogP contribution in [0, 0.1) is 0 Å². The highest BCUT2D eigenvalue weighted by molar-refractivity contribution is 5.82. The molecule has 0 amide bonds. The van der Waals surface area contributed by atoms with Gasteiger partial charge in [0, 0.05) is 6.54 Å². The summed E-state index contributed by atoms with van der Waals surface area (Å²) in [4.78, 5) is 14.4. The van der Waals surface area contributed by atoms with Crippen molar-refractivity contribution in [2.24, 2.45) is 0 Å². The first kappa shape index (κ1) is 9.14. The SMILES string of the molecule is CC1(c2nc(C(=O)O)no2)CCNC1. The Morgan fingerprint density at radius 3 is 3.00 bits per heavy atom.